The lowest BCUT2D eigenvalue weighted by molar-refractivity contribution is -0.118. The lowest BCUT2D eigenvalue weighted by atomic mass is 9.69. The fourth-order valence-corrected chi connectivity index (χ4v) is 4.07. The number of carbonyl (C=O) groups is 1. The van der Waals surface area contributed by atoms with Crippen molar-refractivity contribution >= 4 is 11.6 Å². The molecule has 0 radical (unpaired) electrons. The summed E-state index contributed by atoms with van der Waals surface area (Å²) in [5.74, 6) is 0.127. The second kappa shape index (κ2) is 5.52. The van der Waals surface area contributed by atoms with Crippen molar-refractivity contribution in [3.05, 3.63) is 50.9 Å². The SMILES string of the molecule is COc1cccc([C@@H]2C3=C(CC(C)(C)CC3=O)Nc3[nH][nH]c(=O)c32)c1O. The molecule has 7 nitrogen and oxygen atoms in total. The van der Waals surface area contributed by atoms with Crippen LogP contribution in [0.1, 0.15) is 43.7 Å². The number of hydrogen-bond acceptors (Lipinski definition) is 5. The molecule has 0 unspecified atom stereocenters. The molecular weight excluding hydrogens is 334 g/mol. The molecule has 2 heterocycles. The number of ketones is 1. The maximum absolute atomic E-state index is 13.0. The molecule has 136 valence electrons. The van der Waals surface area contributed by atoms with Crippen molar-refractivity contribution in [2.24, 2.45) is 5.41 Å². The molecule has 0 bridgehead atoms. The fraction of sp³-hybridized carbons (Fsp3) is 0.368. The highest BCUT2D eigenvalue weighted by Gasteiger charge is 2.43. The number of hydrogen-bond donors (Lipinski definition) is 4. The van der Waals surface area contributed by atoms with Gasteiger partial charge in [0.15, 0.2) is 17.3 Å². The quantitative estimate of drug-likeness (QED) is 0.662. The number of phenolic OH excluding ortho intramolecular Hbond substituents is 1. The van der Waals surface area contributed by atoms with Gasteiger partial charge in [0.25, 0.3) is 5.56 Å². The first-order chi connectivity index (χ1) is 12.3. The Balaban J connectivity index is 1.99. The number of fused-ring (bicyclic) bond motifs is 1. The normalized spacial score (nSPS) is 21.0. The van der Waals surface area contributed by atoms with Gasteiger partial charge in [0, 0.05) is 23.3 Å². The number of benzene rings is 1. The molecule has 1 aliphatic carbocycles. The minimum Gasteiger partial charge on any atom is -0.504 e. The Morgan fingerprint density at radius 2 is 1.96 bits per heavy atom. The van der Waals surface area contributed by atoms with E-state index in [1.165, 1.54) is 7.11 Å². The van der Waals surface area contributed by atoms with Crippen LogP contribution in [-0.4, -0.2) is 28.2 Å². The van der Waals surface area contributed by atoms with Gasteiger partial charge in [-0.05, 0) is 17.9 Å². The summed E-state index contributed by atoms with van der Waals surface area (Å²) >= 11 is 0. The number of phenols is 1. The number of aromatic nitrogens is 2. The molecule has 2 aromatic rings. The lowest BCUT2D eigenvalue weighted by Gasteiger charge is -2.38. The molecule has 1 aromatic heterocycles. The highest BCUT2D eigenvalue weighted by Crippen LogP contribution is 2.50. The zero-order chi connectivity index (χ0) is 18.6. The largest absolute Gasteiger partial charge is 0.504 e. The van der Waals surface area contributed by atoms with Crippen molar-refractivity contribution < 1.29 is 14.6 Å². The number of Topliss-reactive ketones (excluding diaryl/α,β-unsaturated/α-hetero) is 1. The number of ether oxygens (including phenoxy) is 1. The second-order valence-electron chi connectivity index (χ2n) is 7.66. The number of aromatic amines is 2. The zero-order valence-electron chi connectivity index (χ0n) is 14.9. The molecule has 7 heteroatoms. The van der Waals surface area contributed by atoms with E-state index >= 15 is 0 Å². The summed E-state index contributed by atoms with van der Waals surface area (Å²) in [6.45, 7) is 4.09. The van der Waals surface area contributed by atoms with E-state index in [1.807, 2.05) is 13.8 Å². The van der Waals surface area contributed by atoms with Gasteiger partial charge in [0.2, 0.25) is 0 Å². The minimum absolute atomic E-state index is 0.0118. The Morgan fingerprint density at radius 1 is 1.19 bits per heavy atom. The molecule has 4 N–H and O–H groups in total. The summed E-state index contributed by atoms with van der Waals surface area (Å²) in [4.78, 5) is 25.5. The van der Waals surface area contributed by atoms with E-state index in [1.54, 1.807) is 18.2 Å². The number of H-pyrrole nitrogens is 2. The average molecular weight is 355 g/mol. The first-order valence-corrected chi connectivity index (χ1v) is 8.52. The molecule has 2 aliphatic rings. The van der Waals surface area contributed by atoms with E-state index in [0.717, 1.165) is 5.70 Å². The number of methoxy groups -OCH3 is 1. The van der Waals surface area contributed by atoms with Crippen LogP contribution >= 0.6 is 0 Å². The molecule has 1 aliphatic heterocycles. The molecule has 0 fully saturated rings. The number of rotatable bonds is 2. The van der Waals surface area contributed by atoms with Gasteiger partial charge in [0.05, 0.1) is 18.6 Å². The Labute approximate surface area is 150 Å². The summed E-state index contributed by atoms with van der Waals surface area (Å²) in [6, 6.07) is 5.11. The van der Waals surface area contributed by atoms with Gasteiger partial charge in [-0.25, -0.2) is 0 Å². The third-order valence-electron chi connectivity index (χ3n) is 5.15. The van der Waals surface area contributed by atoms with E-state index in [-0.39, 0.29) is 22.5 Å². The van der Waals surface area contributed by atoms with E-state index < -0.39 is 5.92 Å². The summed E-state index contributed by atoms with van der Waals surface area (Å²) in [5.41, 5.74) is 1.74. The van der Waals surface area contributed by atoms with Crippen LogP contribution in [0.4, 0.5) is 5.82 Å². The Hall–Kier alpha value is -2.96. The van der Waals surface area contributed by atoms with Gasteiger partial charge in [-0.15, -0.1) is 0 Å². The van der Waals surface area contributed by atoms with Crippen LogP contribution in [0, 0.1) is 5.41 Å². The number of aromatic hydroxyl groups is 1. The number of carbonyl (C=O) groups excluding carboxylic acids is 1. The number of para-hydroxylation sites is 1. The van der Waals surface area contributed by atoms with Crippen molar-refractivity contribution in [2.45, 2.75) is 32.6 Å². The third-order valence-corrected chi connectivity index (χ3v) is 5.15. The van der Waals surface area contributed by atoms with Gasteiger partial charge in [-0.2, -0.15) is 0 Å². The van der Waals surface area contributed by atoms with Crippen LogP contribution in [0.5, 0.6) is 11.5 Å². The number of anilines is 1. The van der Waals surface area contributed by atoms with E-state index in [4.69, 9.17) is 4.74 Å². The highest BCUT2D eigenvalue weighted by molar-refractivity contribution is 6.01. The van der Waals surface area contributed by atoms with Crippen molar-refractivity contribution in [1.82, 2.24) is 10.2 Å². The average Bonchev–Trinajstić information content (AvgIpc) is 2.93. The predicted octanol–water partition coefficient (Wildman–Crippen LogP) is 2.62. The van der Waals surface area contributed by atoms with Crippen LogP contribution in [0.15, 0.2) is 34.3 Å². The molecule has 0 amide bonds. The van der Waals surface area contributed by atoms with E-state index in [0.29, 0.717) is 41.1 Å². The Kier molecular flexibility index (Phi) is 3.50. The molecule has 0 saturated heterocycles. The van der Waals surface area contributed by atoms with Crippen molar-refractivity contribution in [3.8, 4) is 11.5 Å². The van der Waals surface area contributed by atoms with Gasteiger partial charge in [0.1, 0.15) is 5.82 Å². The summed E-state index contributed by atoms with van der Waals surface area (Å²) < 4.78 is 5.21. The smallest absolute Gasteiger partial charge is 0.270 e. The first kappa shape index (κ1) is 16.5. The van der Waals surface area contributed by atoms with Crippen LogP contribution in [-0.2, 0) is 4.79 Å². The molecule has 1 atom stereocenters. The number of allylic oxidation sites excluding steroid dienone is 2. The second-order valence-corrected chi connectivity index (χ2v) is 7.66. The van der Waals surface area contributed by atoms with Gasteiger partial charge < -0.3 is 15.2 Å². The molecule has 0 spiro atoms. The van der Waals surface area contributed by atoms with Crippen molar-refractivity contribution in [2.75, 3.05) is 12.4 Å². The Bertz CT molecular complexity index is 996. The van der Waals surface area contributed by atoms with E-state index in [9.17, 15) is 14.7 Å². The van der Waals surface area contributed by atoms with Gasteiger partial charge in [-0.3, -0.25) is 19.8 Å². The van der Waals surface area contributed by atoms with Crippen molar-refractivity contribution in [1.29, 1.82) is 0 Å². The third kappa shape index (κ3) is 2.34. The Morgan fingerprint density at radius 3 is 2.69 bits per heavy atom. The number of nitrogens with one attached hydrogen (secondary N) is 3. The summed E-state index contributed by atoms with van der Waals surface area (Å²) in [7, 11) is 1.47. The molecule has 4 rings (SSSR count). The molecular formula is C19H21N3O4. The summed E-state index contributed by atoms with van der Waals surface area (Å²) in [5, 5.41) is 19.3. The molecule has 1 aromatic carbocycles. The minimum atomic E-state index is -0.644. The van der Waals surface area contributed by atoms with Crippen molar-refractivity contribution in [3.63, 3.8) is 0 Å². The van der Waals surface area contributed by atoms with E-state index in [2.05, 4.69) is 15.5 Å². The van der Waals surface area contributed by atoms with Crippen LogP contribution in [0.3, 0.4) is 0 Å². The fourth-order valence-electron chi connectivity index (χ4n) is 4.07. The van der Waals surface area contributed by atoms with Gasteiger partial charge >= 0.3 is 0 Å². The lowest BCUT2D eigenvalue weighted by Crippen LogP contribution is -2.35. The first-order valence-electron chi connectivity index (χ1n) is 8.52. The van der Waals surface area contributed by atoms with Crippen LogP contribution in [0.25, 0.3) is 0 Å². The zero-order valence-corrected chi connectivity index (χ0v) is 14.9. The maximum Gasteiger partial charge on any atom is 0.270 e. The van der Waals surface area contributed by atoms with Gasteiger partial charge in [-0.1, -0.05) is 26.0 Å². The standard InChI is InChI=1S/C19H21N3O4/c1-19(2)7-10-14(11(23)8-19)13(15-17(20-10)21-22-18(15)25)9-5-4-6-12(26-3)16(9)24/h4-6,13,24H,7-8H2,1-3H3,(H3,20,21,22,25)/t13-/m1/s1. The summed E-state index contributed by atoms with van der Waals surface area (Å²) in [6.07, 6.45) is 1.08. The predicted molar refractivity (Wildman–Crippen MR) is 96.6 cm³/mol. The topological polar surface area (TPSA) is 107 Å². The molecule has 0 saturated carbocycles. The monoisotopic (exact) mass is 355 g/mol. The molecule has 26 heavy (non-hydrogen) atoms. The van der Waals surface area contributed by atoms with Crippen LogP contribution < -0.4 is 15.6 Å². The highest BCUT2D eigenvalue weighted by atomic mass is 16.5. The maximum atomic E-state index is 13.0. The van der Waals surface area contributed by atoms with Crippen LogP contribution in [0.2, 0.25) is 0 Å².